The first-order valence-electron chi connectivity index (χ1n) is 5.30. The molecule has 0 bridgehead atoms. The summed E-state index contributed by atoms with van der Waals surface area (Å²) in [7, 11) is -4.18. The van der Waals surface area contributed by atoms with Crippen LogP contribution >= 0.6 is 15.9 Å². The number of halogens is 4. The normalized spacial score (nSPS) is 17.3. The lowest BCUT2D eigenvalue weighted by molar-refractivity contribution is -0.139. The van der Waals surface area contributed by atoms with Gasteiger partial charge in [0.2, 0.25) is 10.0 Å². The van der Waals surface area contributed by atoms with Crippen LogP contribution < -0.4 is 10.0 Å². The van der Waals surface area contributed by atoms with E-state index >= 15 is 0 Å². The lowest BCUT2D eigenvalue weighted by Gasteiger charge is -2.28. The van der Waals surface area contributed by atoms with E-state index in [1.807, 2.05) is 0 Å². The minimum absolute atomic E-state index is 0.170. The van der Waals surface area contributed by atoms with Crippen molar-refractivity contribution in [2.75, 3.05) is 13.1 Å². The lowest BCUT2D eigenvalue weighted by atomic mass is 10.2. The van der Waals surface area contributed by atoms with Gasteiger partial charge in [0.05, 0.1) is 10.5 Å². The molecule has 4 nitrogen and oxygen atoms in total. The average molecular weight is 359 g/mol. The van der Waals surface area contributed by atoms with Crippen molar-refractivity contribution in [1.82, 2.24) is 10.0 Å². The molecule has 1 saturated heterocycles. The maximum atomic E-state index is 12.9. The van der Waals surface area contributed by atoms with Gasteiger partial charge in [-0.2, -0.15) is 13.2 Å². The largest absolute Gasteiger partial charge is 0.417 e. The third-order valence-electron chi connectivity index (χ3n) is 2.64. The van der Waals surface area contributed by atoms with E-state index in [2.05, 4.69) is 26.0 Å². The third-order valence-corrected chi connectivity index (χ3v) is 4.71. The molecular weight excluding hydrogens is 349 g/mol. The molecule has 1 aliphatic rings. The second-order valence-corrected chi connectivity index (χ2v) is 6.71. The van der Waals surface area contributed by atoms with Gasteiger partial charge in [0, 0.05) is 23.6 Å². The van der Waals surface area contributed by atoms with E-state index in [4.69, 9.17) is 0 Å². The second-order valence-electron chi connectivity index (χ2n) is 4.11. The highest BCUT2D eigenvalue weighted by Crippen LogP contribution is 2.35. The van der Waals surface area contributed by atoms with Crippen LogP contribution in [0.3, 0.4) is 0 Å². The summed E-state index contributed by atoms with van der Waals surface area (Å²) in [5, 5.41) is 2.83. The lowest BCUT2D eigenvalue weighted by Crippen LogP contribution is -2.56. The molecule has 1 aromatic rings. The smallest absolute Gasteiger partial charge is 0.313 e. The van der Waals surface area contributed by atoms with Crippen molar-refractivity contribution in [3.63, 3.8) is 0 Å². The molecule has 19 heavy (non-hydrogen) atoms. The molecule has 0 aromatic heterocycles. The first-order valence-corrected chi connectivity index (χ1v) is 7.57. The SMILES string of the molecule is O=S(=O)(NC1CNC1)c1ccc(Br)cc1C(F)(F)F. The van der Waals surface area contributed by atoms with Crippen LogP contribution in [0.1, 0.15) is 5.56 Å². The van der Waals surface area contributed by atoms with E-state index in [1.165, 1.54) is 6.07 Å². The summed E-state index contributed by atoms with van der Waals surface area (Å²) >= 11 is 2.91. The standard InChI is InChI=1S/C10H10BrF3N2O2S/c11-6-1-2-9(8(3-6)10(12,13)14)19(17,18)16-7-4-15-5-7/h1-3,7,15-16H,4-5H2. The van der Waals surface area contributed by atoms with E-state index in [9.17, 15) is 21.6 Å². The Kier molecular flexibility index (Phi) is 3.92. The molecule has 0 saturated carbocycles. The number of hydrogen-bond acceptors (Lipinski definition) is 3. The van der Waals surface area contributed by atoms with Crippen LogP contribution in [0.5, 0.6) is 0 Å². The molecular formula is C10H10BrF3N2O2S. The molecule has 1 fully saturated rings. The summed E-state index contributed by atoms with van der Waals surface area (Å²) in [6.45, 7) is 0.828. The van der Waals surface area contributed by atoms with Crippen molar-refractivity contribution in [1.29, 1.82) is 0 Å². The van der Waals surface area contributed by atoms with Crippen LogP contribution in [0.15, 0.2) is 27.6 Å². The van der Waals surface area contributed by atoms with Gasteiger partial charge < -0.3 is 5.32 Å². The Morgan fingerprint density at radius 2 is 1.95 bits per heavy atom. The van der Waals surface area contributed by atoms with E-state index in [-0.39, 0.29) is 10.5 Å². The highest BCUT2D eigenvalue weighted by Gasteiger charge is 2.38. The fourth-order valence-electron chi connectivity index (χ4n) is 1.61. The quantitative estimate of drug-likeness (QED) is 0.864. The molecule has 1 heterocycles. The number of hydrogen-bond donors (Lipinski definition) is 2. The Labute approximate surface area is 116 Å². The molecule has 0 amide bonds. The molecule has 0 unspecified atom stereocenters. The Morgan fingerprint density at radius 3 is 2.42 bits per heavy atom. The first-order chi connectivity index (χ1) is 8.70. The Morgan fingerprint density at radius 1 is 1.32 bits per heavy atom. The van der Waals surface area contributed by atoms with Crippen LogP contribution in [0, 0.1) is 0 Å². The number of rotatable bonds is 3. The van der Waals surface area contributed by atoms with Crippen LogP contribution in [-0.4, -0.2) is 27.5 Å². The van der Waals surface area contributed by atoms with Gasteiger partial charge in [-0.25, -0.2) is 13.1 Å². The Balaban J connectivity index is 2.43. The van der Waals surface area contributed by atoms with E-state index < -0.39 is 26.7 Å². The van der Waals surface area contributed by atoms with Gasteiger partial charge in [-0.15, -0.1) is 0 Å². The molecule has 0 radical (unpaired) electrons. The van der Waals surface area contributed by atoms with Crippen molar-refractivity contribution in [2.45, 2.75) is 17.1 Å². The van der Waals surface area contributed by atoms with Gasteiger partial charge in [0.15, 0.2) is 0 Å². The Hall–Kier alpha value is -0.640. The number of sulfonamides is 1. The summed E-state index contributed by atoms with van der Waals surface area (Å²) in [5.41, 5.74) is -1.18. The molecule has 2 N–H and O–H groups in total. The molecule has 1 aliphatic heterocycles. The molecule has 0 spiro atoms. The van der Waals surface area contributed by atoms with Crippen molar-refractivity contribution >= 4 is 26.0 Å². The maximum Gasteiger partial charge on any atom is 0.417 e. The molecule has 0 aliphatic carbocycles. The zero-order valence-electron chi connectivity index (χ0n) is 9.46. The predicted octanol–water partition coefficient (Wildman–Crippen LogP) is 1.72. The average Bonchev–Trinajstić information content (AvgIpc) is 2.22. The molecule has 2 rings (SSSR count). The van der Waals surface area contributed by atoms with Gasteiger partial charge in [0.25, 0.3) is 0 Å². The van der Waals surface area contributed by atoms with Crippen molar-refractivity contribution in [3.8, 4) is 0 Å². The summed E-state index contributed by atoms with van der Waals surface area (Å²) in [6, 6.07) is 2.60. The zero-order valence-corrected chi connectivity index (χ0v) is 11.9. The number of alkyl halides is 3. The summed E-state index contributed by atoms with van der Waals surface area (Å²) in [4.78, 5) is -0.755. The fraction of sp³-hybridized carbons (Fsp3) is 0.400. The number of nitrogens with one attached hydrogen (secondary N) is 2. The predicted molar refractivity (Wildman–Crippen MR) is 66.1 cm³/mol. The third kappa shape index (κ3) is 3.28. The highest BCUT2D eigenvalue weighted by atomic mass is 79.9. The van der Waals surface area contributed by atoms with E-state index in [0.717, 1.165) is 12.1 Å². The minimum Gasteiger partial charge on any atom is -0.313 e. The van der Waals surface area contributed by atoms with Gasteiger partial charge in [-0.05, 0) is 18.2 Å². The zero-order chi connectivity index (χ0) is 14.3. The molecule has 9 heteroatoms. The van der Waals surface area contributed by atoms with Crippen molar-refractivity contribution in [2.24, 2.45) is 0 Å². The fourth-order valence-corrected chi connectivity index (χ4v) is 3.42. The van der Waals surface area contributed by atoms with Gasteiger partial charge >= 0.3 is 6.18 Å². The van der Waals surface area contributed by atoms with Crippen molar-refractivity contribution < 1.29 is 21.6 Å². The van der Waals surface area contributed by atoms with Crippen molar-refractivity contribution in [3.05, 3.63) is 28.2 Å². The minimum atomic E-state index is -4.73. The summed E-state index contributed by atoms with van der Waals surface area (Å²) in [5.74, 6) is 0. The van der Waals surface area contributed by atoms with E-state index in [1.54, 1.807) is 0 Å². The molecule has 106 valence electrons. The van der Waals surface area contributed by atoms with Gasteiger partial charge in [0.1, 0.15) is 0 Å². The second kappa shape index (κ2) is 5.04. The van der Waals surface area contributed by atoms with Crippen LogP contribution in [0.2, 0.25) is 0 Å². The van der Waals surface area contributed by atoms with Crippen LogP contribution in [-0.2, 0) is 16.2 Å². The maximum absolute atomic E-state index is 12.9. The van der Waals surface area contributed by atoms with Gasteiger partial charge in [-0.1, -0.05) is 15.9 Å². The topological polar surface area (TPSA) is 58.2 Å². The molecule has 0 atom stereocenters. The van der Waals surface area contributed by atoms with E-state index in [0.29, 0.717) is 13.1 Å². The monoisotopic (exact) mass is 358 g/mol. The summed E-state index contributed by atoms with van der Waals surface area (Å²) < 4.78 is 64.9. The van der Waals surface area contributed by atoms with Crippen LogP contribution in [0.25, 0.3) is 0 Å². The van der Waals surface area contributed by atoms with Gasteiger partial charge in [-0.3, -0.25) is 0 Å². The Bertz CT molecular complexity index is 585. The summed E-state index contributed by atoms with van der Waals surface area (Å²) in [6.07, 6.45) is -4.73. The highest BCUT2D eigenvalue weighted by molar-refractivity contribution is 9.10. The van der Waals surface area contributed by atoms with Crippen LogP contribution in [0.4, 0.5) is 13.2 Å². The number of benzene rings is 1. The first kappa shape index (κ1) is 14.8. The molecule has 1 aromatic carbocycles.